The standard InChI is InChI=1S/C26H22N2O5/c1-15-9-19-21(33-26(30)24(19)25(29)27-15)10-17-14-28(13-16-7-5-4-6-8-16)20-11-18(31-2)12-22(32-3)23(17)20/h4-12,14H,13H2,1-3H3,(H,27,29)/b21-10+. The highest BCUT2D eigenvalue weighted by Gasteiger charge is 2.30. The van der Waals surface area contributed by atoms with Crippen LogP contribution in [0.4, 0.5) is 0 Å². The number of methoxy groups -OCH3 is 2. The maximum Gasteiger partial charge on any atom is 0.349 e. The lowest BCUT2D eigenvalue weighted by molar-refractivity contribution is 0.0715. The average Bonchev–Trinajstić information content (AvgIpc) is 3.31. The van der Waals surface area contributed by atoms with E-state index in [1.807, 2.05) is 36.5 Å². The second-order valence-electron chi connectivity index (χ2n) is 7.89. The highest BCUT2D eigenvalue weighted by Crippen LogP contribution is 2.38. The molecule has 0 spiro atoms. The Balaban J connectivity index is 1.73. The van der Waals surface area contributed by atoms with Crippen LogP contribution in [0, 0.1) is 6.92 Å². The Hall–Kier alpha value is -4.26. The minimum Gasteiger partial charge on any atom is -0.497 e. The highest BCUT2D eigenvalue weighted by molar-refractivity contribution is 6.07. The van der Waals surface area contributed by atoms with Gasteiger partial charge in [-0.05, 0) is 24.6 Å². The van der Waals surface area contributed by atoms with Crippen LogP contribution in [0.15, 0.2) is 59.5 Å². The molecule has 2 aromatic heterocycles. The molecule has 0 amide bonds. The van der Waals surface area contributed by atoms with Gasteiger partial charge in [0.05, 0.1) is 19.7 Å². The Morgan fingerprint density at radius 3 is 2.58 bits per heavy atom. The number of H-pyrrole nitrogens is 1. The fourth-order valence-corrected chi connectivity index (χ4v) is 4.23. The average molecular weight is 442 g/mol. The number of hydrogen-bond acceptors (Lipinski definition) is 5. The molecule has 0 saturated carbocycles. The molecule has 2 aromatic carbocycles. The van der Waals surface area contributed by atoms with Crippen molar-refractivity contribution in [1.82, 2.24) is 9.55 Å². The molecular formula is C26H22N2O5. The van der Waals surface area contributed by atoms with Gasteiger partial charge < -0.3 is 23.8 Å². The molecule has 0 saturated heterocycles. The summed E-state index contributed by atoms with van der Waals surface area (Å²) in [5.74, 6) is 0.986. The van der Waals surface area contributed by atoms with Crippen molar-refractivity contribution in [3.8, 4) is 11.5 Å². The number of esters is 1. The van der Waals surface area contributed by atoms with Gasteiger partial charge in [0.1, 0.15) is 22.8 Å². The van der Waals surface area contributed by atoms with Gasteiger partial charge in [-0.1, -0.05) is 30.3 Å². The number of carbonyl (C=O) groups is 1. The Bertz CT molecular complexity index is 1480. The fraction of sp³-hybridized carbons (Fsp3) is 0.154. The van der Waals surface area contributed by atoms with Crippen molar-refractivity contribution in [3.05, 3.63) is 93.0 Å². The lowest BCUT2D eigenvalue weighted by Gasteiger charge is -2.10. The maximum atomic E-state index is 12.4. The molecule has 0 aliphatic carbocycles. The van der Waals surface area contributed by atoms with Gasteiger partial charge in [-0.15, -0.1) is 0 Å². The molecule has 33 heavy (non-hydrogen) atoms. The first kappa shape index (κ1) is 20.6. The minimum atomic E-state index is -0.654. The van der Waals surface area contributed by atoms with Gasteiger partial charge in [-0.3, -0.25) is 4.79 Å². The van der Waals surface area contributed by atoms with E-state index in [0.717, 1.165) is 22.0 Å². The Morgan fingerprint density at radius 1 is 1.06 bits per heavy atom. The van der Waals surface area contributed by atoms with E-state index in [0.29, 0.717) is 35.1 Å². The lowest BCUT2D eigenvalue weighted by atomic mass is 10.1. The molecule has 0 fully saturated rings. The van der Waals surface area contributed by atoms with Gasteiger partial charge in [-0.25, -0.2) is 4.79 Å². The van der Waals surface area contributed by atoms with E-state index in [4.69, 9.17) is 14.2 Å². The van der Waals surface area contributed by atoms with Gasteiger partial charge in [0, 0.05) is 47.1 Å². The lowest BCUT2D eigenvalue weighted by Crippen LogP contribution is -2.16. The van der Waals surface area contributed by atoms with E-state index in [-0.39, 0.29) is 5.56 Å². The van der Waals surface area contributed by atoms with Gasteiger partial charge in [0.2, 0.25) is 0 Å². The molecule has 4 aromatic rings. The number of fused-ring (bicyclic) bond motifs is 2. The van der Waals surface area contributed by atoms with Crippen molar-refractivity contribution in [3.63, 3.8) is 0 Å². The molecule has 3 heterocycles. The quantitative estimate of drug-likeness (QED) is 0.464. The van der Waals surface area contributed by atoms with Crippen LogP contribution in [-0.4, -0.2) is 29.7 Å². The summed E-state index contributed by atoms with van der Waals surface area (Å²) in [4.78, 5) is 27.4. The van der Waals surface area contributed by atoms with E-state index in [1.54, 1.807) is 33.3 Å². The largest absolute Gasteiger partial charge is 0.497 e. The van der Waals surface area contributed by atoms with E-state index in [1.165, 1.54) is 0 Å². The summed E-state index contributed by atoms with van der Waals surface area (Å²) in [5, 5.41) is 0.854. The number of carbonyl (C=O) groups excluding carboxylic acids is 1. The molecule has 1 aliphatic heterocycles. The van der Waals surface area contributed by atoms with Crippen molar-refractivity contribution in [2.45, 2.75) is 13.5 Å². The number of hydrogen-bond donors (Lipinski definition) is 1. The topological polar surface area (TPSA) is 82.6 Å². The summed E-state index contributed by atoms with van der Waals surface area (Å²) in [6.45, 7) is 2.40. The van der Waals surface area contributed by atoms with Gasteiger partial charge in [-0.2, -0.15) is 0 Å². The second kappa shape index (κ2) is 8.02. The first-order valence-corrected chi connectivity index (χ1v) is 10.5. The second-order valence-corrected chi connectivity index (χ2v) is 7.89. The monoisotopic (exact) mass is 442 g/mol. The smallest absolute Gasteiger partial charge is 0.349 e. The molecular weight excluding hydrogens is 420 g/mol. The predicted octanol–water partition coefficient (Wildman–Crippen LogP) is 4.37. The summed E-state index contributed by atoms with van der Waals surface area (Å²) in [6.07, 6.45) is 3.76. The summed E-state index contributed by atoms with van der Waals surface area (Å²) in [7, 11) is 3.22. The predicted molar refractivity (Wildman–Crippen MR) is 126 cm³/mol. The maximum absolute atomic E-state index is 12.4. The summed E-state index contributed by atoms with van der Waals surface area (Å²) < 4.78 is 18.8. The Morgan fingerprint density at radius 2 is 1.85 bits per heavy atom. The van der Waals surface area contributed by atoms with Gasteiger partial charge in [0.15, 0.2) is 0 Å². The van der Waals surface area contributed by atoms with Crippen LogP contribution in [0.3, 0.4) is 0 Å². The minimum absolute atomic E-state index is 0.0218. The Kier molecular flexibility index (Phi) is 5.01. The number of nitrogens with zero attached hydrogens (tertiary/aromatic N) is 1. The fourth-order valence-electron chi connectivity index (χ4n) is 4.23. The zero-order valence-electron chi connectivity index (χ0n) is 18.5. The number of nitrogens with one attached hydrogen (secondary N) is 1. The van der Waals surface area contributed by atoms with E-state index >= 15 is 0 Å². The van der Waals surface area contributed by atoms with Crippen LogP contribution < -0.4 is 15.0 Å². The van der Waals surface area contributed by atoms with E-state index in [9.17, 15) is 9.59 Å². The van der Waals surface area contributed by atoms with Crippen molar-refractivity contribution < 1.29 is 19.0 Å². The molecule has 1 N–H and O–H groups in total. The van der Waals surface area contributed by atoms with Crippen molar-refractivity contribution in [1.29, 1.82) is 0 Å². The van der Waals surface area contributed by atoms with E-state index in [2.05, 4.69) is 21.7 Å². The zero-order chi connectivity index (χ0) is 23.1. The van der Waals surface area contributed by atoms with Crippen LogP contribution in [0.25, 0.3) is 22.7 Å². The third-order valence-corrected chi connectivity index (χ3v) is 5.73. The summed E-state index contributed by atoms with van der Waals surface area (Å²) in [6, 6.07) is 15.6. The third-order valence-electron chi connectivity index (χ3n) is 5.73. The molecule has 0 bridgehead atoms. The van der Waals surface area contributed by atoms with Crippen molar-refractivity contribution >= 4 is 28.7 Å². The molecule has 166 valence electrons. The number of aromatic amines is 1. The van der Waals surface area contributed by atoms with Gasteiger partial charge >= 0.3 is 5.97 Å². The van der Waals surface area contributed by atoms with Crippen molar-refractivity contribution in [2.75, 3.05) is 14.2 Å². The number of benzene rings is 2. The van der Waals surface area contributed by atoms with Crippen LogP contribution in [0.2, 0.25) is 0 Å². The van der Waals surface area contributed by atoms with Crippen molar-refractivity contribution in [2.24, 2.45) is 0 Å². The molecule has 7 nitrogen and oxygen atoms in total. The first-order valence-electron chi connectivity index (χ1n) is 10.5. The molecule has 5 rings (SSSR count). The molecule has 0 radical (unpaired) electrons. The Labute approximate surface area is 189 Å². The third kappa shape index (κ3) is 3.57. The number of rotatable bonds is 5. The molecule has 7 heteroatoms. The number of ether oxygens (including phenoxy) is 3. The zero-order valence-corrected chi connectivity index (χ0v) is 18.5. The number of pyridine rings is 1. The van der Waals surface area contributed by atoms with Crippen LogP contribution in [0.1, 0.15) is 32.7 Å². The van der Waals surface area contributed by atoms with Crippen LogP contribution >= 0.6 is 0 Å². The first-order chi connectivity index (χ1) is 16.0. The molecule has 0 unspecified atom stereocenters. The van der Waals surface area contributed by atoms with Gasteiger partial charge in [0.25, 0.3) is 5.56 Å². The van der Waals surface area contributed by atoms with E-state index < -0.39 is 11.5 Å². The number of cyclic esters (lactones) is 1. The summed E-state index contributed by atoms with van der Waals surface area (Å²) in [5.41, 5.74) is 3.55. The van der Waals surface area contributed by atoms with Crippen LogP contribution in [-0.2, 0) is 11.3 Å². The molecule has 1 aliphatic rings. The highest BCUT2D eigenvalue weighted by atomic mass is 16.5. The number of aryl methyl sites for hydroxylation is 1. The molecule has 0 atom stereocenters. The summed E-state index contributed by atoms with van der Waals surface area (Å²) >= 11 is 0. The normalized spacial score (nSPS) is 13.9. The van der Waals surface area contributed by atoms with Crippen LogP contribution in [0.5, 0.6) is 11.5 Å². The SMILES string of the molecule is COc1cc(OC)c2c(/C=C3/OC(=O)c4c3cc(C)[nH]c4=O)cn(Cc3ccccc3)c2c1. The number of aromatic nitrogens is 2.